The lowest BCUT2D eigenvalue weighted by atomic mass is 9.95. The molecule has 2 unspecified atom stereocenters. The van der Waals surface area contributed by atoms with Crippen LogP contribution in [-0.4, -0.2) is 25.3 Å². The molecule has 104 valence electrons. The van der Waals surface area contributed by atoms with E-state index in [1.165, 1.54) is 0 Å². The molecule has 2 atom stereocenters. The molecule has 19 heavy (non-hydrogen) atoms. The monoisotopic (exact) mass is 283 g/mol. The highest BCUT2D eigenvalue weighted by Gasteiger charge is 2.25. The van der Waals surface area contributed by atoms with E-state index in [-0.39, 0.29) is 17.9 Å². The van der Waals surface area contributed by atoms with Crippen molar-refractivity contribution in [3.63, 3.8) is 0 Å². The van der Waals surface area contributed by atoms with Crippen LogP contribution in [0.5, 0.6) is 0 Å². The van der Waals surface area contributed by atoms with Gasteiger partial charge < -0.3 is 15.2 Å². The van der Waals surface area contributed by atoms with E-state index in [9.17, 15) is 4.79 Å². The first-order valence-electron chi connectivity index (χ1n) is 6.39. The average molecular weight is 284 g/mol. The SMILES string of the molecule is COC1CCCC(OC(=O)c2cccc(Cl)c2N)C1. The Morgan fingerprint density at radius 3 is 2.84 bits per heavy atom. The van der Waals surface area contributed by atoms with Crippen LogP contribution in [0, 0.1) is 0 Å². The predicted octanol–water partition coefficient (Wildman–Crippen LogP) is 3.04. The third-order valence-electron chi connectivity index (χ3n) is 3.46. The van der Waals surface area contributed by atoms with Crippen molar-refractivity contribution < 1.29 is 14.3 Å². The lowest BCUT2D eigenvalue weighted by Crippen LogP contribution is -2.29. The Morgan fingerprint density at radius 1 is 1.37 bits per heavy atom. The molecule has 2 N–H and O–H groups in total. The van der Waals surface area contributed by atoms with Gasteiger partial charge in [-0.05, 0) is 31.4 Å². The molecule has 1 aromatic rings. The molecule has 2 rings (SSSR count). The summed E-state index contributed by atoms with van der Waals surface area (Å²) < 4.78 is 10.8. The van der Waals surface area contributed by atoms with Crippen LogP contribution in [-0.2, 0) is 9.47 Å². The molecule has 0 aromatic heterocycles. The maximum absolute atomic E-state index is 12.1. The number of halogens is 1. The van der Waals surface area contributed by atoms with E-state index in [2.05, 4.69) is 0 Å². The van der Waals surface area contributed by atoms with E-state index in [1.807, 2.05) is 0 Å². The van der Waals surface area contributed by atoms with Gasteiger partial charge in [-0.3, -0.25) is 0 Å². The summed E-state index contributed by atoms with van der Waals surface area (Å²) in [7, 11) is 1.68. The Morgan fingerprint density at radius 2 is 2.11 bits per heavy atom. The van der Waals surface area contributed by atoms with Crippen molar-refractivity contribution in [2.45, 2.75) is 37.9 Å². The third kappa shape index (κ3) is 3.39. The number of rotatable bonds is 3. The van der Waals surface area contributed by atoms with Crippen molar-refractivity contribution in [2.75, 3.05) is 12.8 Å². The molecule has 5 heteroatoms. The zero-order valence-electron chi connectivity index (χ0n) is 10.9. The number of hydrogen-bond acceptors (Lipinski definition) is 4. The zero-order chi connectivity index (χ0) is 13.8. The Balaban J connectivity index is 2.02. The zero-order valence-corrected chi connectivity index (χ0v) is 11.7. The maximum atomic E-state index is 12.1. The van der Waals surface area contributed by atoms with Crippen LogP contribution < -0.4 is 5.73 Å². The van der Waals surface area contributed by atoms with Gasteiger partial charge >= 0.3 is 5.97 Å². The van der Waals surface area contributed by atoms with Crippen LogP contribution in [0.2, 0.25) is 5.02 Å². The molecule has 1 saturated carbocycles. The molecular weight excluding hydrogens is 266 g/mol. The van der Waals surface area contributed by atoms with E-state index in [1.54, 1.807) is 25.3 Å². The van der Waals surface area contributed by atoms with Gasteiger partial charge in [-0.2, -0.15) is 0 Å². The minimum Gasteiger partial charge on any atom is -0.459 e. The summed E-state index contributed by atoms with van der Waals surface area (Å²) in [5.74, 6) is -0.415. The number of nitrogens with two attached hydrogens (primary N) is 1. The fourth-order valence-corrected chi connectivity index (χ4v) is 2.53. The summed E-state index contributed by atoms with van der Waals surface area (Å²) >= 11 is 5.89. The van der Waals surface area contributed by atoms with E-state index < -0.39 is 5.97 Å². The largest absolute Gasteiger partial charge is 0.459 e. The quantitative estimate of drug-likeness (QED) is 0.684. The number of carbonyl (C=O) groups is 1. The predicted molar refractivity (Wildman–Crippen MR) is 74.3 cm³/mol. The number of methoxy groups -OCH3 is 1. The number of para-hydroxylation sites is 1. The first-order chi connectivity index (χ1) is 9.11. The molecule has 4 nitrogen and oxygen atoms in total. The topological polar surface area (TPSA) is 61.5 Å². The highest BCUT2D eigenvalue weighted by molar-refractivity contribution is 6.33. The summed E-state index contributed by atoms with van der Waals surface area (Å²) in [6.07, 6.45) is 3.69. The Hall–Kier alpha value is -1.26. The van der Waals surface area contributed by atoms with Gasteiger partial charge in [0.25, 0.3) is 0 Å². The number of anilines is 1. The summed E-state index contributed by atoms with van der Waals surface area (Å²) in [6.45, 7) is 0. The van der Waals surface area contributed by atoms with Crippen LogP contribution in [0.15, 0.2) is 18.2 Å². The fraction of sp³-hybridized carbons (Fsp3) is 0.500. The summed E-state index contributed by atoms with van der Waals surface area (Å²) in [5, 5.41) is 0.368. The lowest BCUT2D eigenvalue weighted by Gasteiger charge is -2.28. The molecule has 0 aliphatic heterocycles. The summed E-state index contributed by atoms with van der Waals surface area (Å²) in [6, 6.07) is 4.96. The Labute approximate surface area is 117 Å². The van der Waals surface area contributed by atoms with Crippen molar-refractivity contribution >= 4 is 23.3 Å². The van der Waals surface area contributed by atoms with E-state index >= 15 is 0 Å². The normalized spacial score (nSPS) is 23.1. The smallest absolute Gasteiger partial charge is 0.340 e. The minimum atomic E-state index is -0.415. The van der Waals surface area contributed by atoms with E-state index in [4.69, 9.17) is 26.8 Å². The standard InChI is InChI=1S/C14H18ClNO3/c1-18-9-4-2-5-10(8-9)19-14(17)11-6-3-7-12(15)13(11)16/h3,6-7,9-10H,2,4-5,8,16H2,1H3. The van der Waals surface area contributed by atoms with Gasteiger partial charge in [-0.25, -0.2) is 4.79 Å². The van der Waals surface area contributed by atoms with Crippen LogP contribution >= 0.6 is 11.6 Å². The van der Waals surface area contributed by atoms with Crippen molar-refractivity contribution in [3.05, 3.63) is 28.8 Å². The molecule has 1 aliphatic carbocycles. The second-order valence-electron chi connectivity index (χ2n) is 4.75. The summed E-state index contributed by atoms with van der Waals surface area (Å²) in [4.78, 5) is 12.1. The first kappa shape index (κ1) is 14.2. The second-order valence-corrected chi connectivity index (χ2v) is 5.16. The van der Waals surface area contributed by atoms with Gasteiger partial charge in [0.15, 0.2) is 0 Å². The second kappa shape index (κ2) is 6.26. The molecule has 1 aliphatic rings. The number of benzene rings is 1. The highest BCUT2D eigenvalue weighted by Crippen LogP contribution is 2.27. The Bertz CT molecular complexity index is 464. The minimum absolute atomic E-state index is 0.107. The number of nitrogen functional groups attached to an aromatic ring is 1. The molecule has 0 spiro atoms. The van der Waals surface area contributed by atoms with Gasteiger partial charge in [0, 0.05) is 13.5 Å². The average Bonchev–Trinajstić information content (AvgIpc) is 2.42. The van der Waals surface area contributed by atoms with Gasteiger partial charge in [0.05, 0.1) is 22.4 Å². The van der Waals surface area contributed by atoms with Crippen molar-refractivity contribution in [2.24, 2.45) is 0 Å². The first-order valence-corrected chi connectivity index (χ1v) is 6.77. The lowest BCUT2D eigenvalue weighted by molar-refractivity contribution is -0.0148. The third-order valence-corrected chi connectivity index (χ3v) is 3.79. The fourth-order valence-electron chi connectivity index (χ4n) is 2.35. The highest BCUT2D eigenvalue weighted by atomic mass is 35.5. The van der Waals surface area contributed by atoms with Crippen LogP contribution in [0.3, 0.4) is 0 Å². The van der Waals surface area contributed by atoms with Crippen molar-refractivity contribution in [1.82, 2.24) is 0 Å². The molecule has 0 saturated heterocycles. The number of hydrogen-bond donors (Lipinski definition) is 1. The van der Waals surface area contributed by atoms with Crippen molar-refractivity contribution in [1.29, 1.82) is 0 Å². The number of esters is 1. The van der Waals surface area contributed by atoms with Gasteiger partial charge in [-0.1, -0.05) is 17.7 Å². The van der Waals surface area contributed by atoms with Crippen LogP contribution in [0.1, 0.15) is 36.0 Å². The van der Waals surface area contributed by atoms with Crippen LogP contribution in [0.4, 0.5) is 5.69 Å². The number of ether oxygens (including phenoxy) is 2. The molecule has 0 heterocycles. The molecule has 1 fully saturated rings. The number of carbonyl (C=O) groups excluding carboxylic acids is 1. The van der Waals surface area contributed by atoms with Gasteiger partial charge in [0.1, 0.15) is 6.10 Å². The van der Waals surface area contributed by atoms with Gasteiger partial charge in [-0.15, -0.1) is 0 Å². The van der Waals surface area contributed by atoms with Crippen LogP contribution in [0.25, 0.3) is 0 Å². The summed E-state index contributed by atoms with van der Waals surface area (Å²) in [5.41, 5.74) is 6.38. The molecule has 1 aromatic carbocycles. The van der Waals surface area contributed by atoms with E-state index in [0.717, 1.165) is 25.7 Å². The maximum Gasteiger partial charge on any atom is 0.340 e. The molecule has 0 bridgehead atoms. The van der Waals surface area contributed by atoms with E-state index in [0.29, 0.717) is 10.6 Å². The molecule has 0 amide bonds. The van der Waals surface area contributed by atoms with Gasteiger partial charge in [0.2, 0.25) is 0 Å². The molecule has 0 radical (unpaired) electrons. The molecular formula is C14H18ClNO3. The Kier molecular flexibility index (Phi) is 4.66. The van der Waals surface area contributed by atoms with Crippen molar-refractivity contribution in [3.8, 4) is 0 Å².